The highest BCUT2D eigenvalue weighted by Gasteiger charge is 2.27. The zero-order chi connectivity index (χ0) is 18.4. The molecule has 136 valence electrons. The van der Waals surface area contributed by atoms with Gasteiger partial charge in [-0.2, -0.15) is 0 Å². The van der Waals surface area contributed by atoms with Crippen LogP contribution in [0.5, 0.6) is 0 Å². The molecule has 0 aliphatic carbocycles. The van der Waals surface area contributed by atoms with Crippen molar-refractivity contribution in [3.63, 3.8) is 0 Å². The zero-order valence-corrected chi connectivity index (χ0v) is 15.4. The number of hydrogen-bond acceptors (Lipinski definition) is 2. The van der Waals surface area contributed by atoms with Crippen LogP contribution >= 0.6 is 11.6 Å². The molecule has 1 heterocycles. The lowest BCUT2D eigenvalue weighted by Crippen LogP contribution is -2.43. The molecule has 1 saturated heterocycles. The van der Waals surface area contributed by atoms with Gasteiger partial charge in [-0.1, -0.05) is 41.9 Å². The standard InChI is InChI=1S/C21H23ClN2O2/c22-19-8-4-5-16(15-19)9-12-23-20(25)17-10-13-24(14-11-17)21(26)18-6-2-1-3-7-18/h1-8,15,17H,9-14H2,(H,23,25). The van der Waals surface area contributed by atoms with Gasteiger partial charge in [0.05, 0.1) is 0 Å². The number of carbonyl (C=O) groups excluding carboxylic acids is 2. The Morgan fingerprint density at radius 2 is 1.77 bits per heavy atom. The minimum absolute atomic E-state index is 0.0193. The summed E-state index contributed by atoms with van der Waals surface area (Å²) in [6, 6.07) is 17.0. The number of hydrogen-bond donors (Lipinski definition) is 1. The van der Waals surface area contributed by atoms with Crippen LogP contribution in [0.4, 0.5) is 0 Å². The minimum atomic E-state index is -0.0193. The van der Waals surface area contributed by atoms with Gasteiger partial charge in [-0.25, -0.2) is 0 Å². The van der Waals surface area contributed by atoms with E-state index in [4.69, 9.17) is 11.6 Å². The highest BCUT2D eigenvalue weighted by molar-refractivity contribution is 6.30. The topological polar surface area (TPSA) is 49.4 Å². The number of benzene rings is 2. The van der Waals surface area contributed by atoms with E-state index in [1.165, 1.54) is 0 Å². The van der Waals surface area contributed by atoms with Gasteiger partial charge in [0.1, 0.15) is 0 Å². The zero-order valence-electron chi connectivity index (χ0n) is 14.7. The van der Waals surface area contributed by atoms with Crippen LogP contribution in [0.1, 0.15) is 28.8 Å². The van der Waals surface area contributed by atoms with Gasteiger partial charge in [-0.05, 0) is 49.1 Å². The lowest BCUT2D eigenvalue weighted by Gasteiger charge is -2.31. The van der Waals surface area contributed by atoms with Crippen LogP contribution in [0.25, 0.3) is 0 Å². The molecule has 2 aromatic carbocycles. The molecule has 1 aliphatic heterocycles. The number of nitrogens with one attached hydrogen (secondary N) is 1. The van der Waals surface area contributed by atoms with E-state index < -0.39 is 0 Å². The van der Waals surface area contributed by atoms with Crippen molar-refractivity contribution in [1.82, 2.24) is 10.2 Å². The van der Waals surface area contributed by atoms with E-state index in [2.05, 4.69) is 5.32 Å². The second-order valence-corrected chi connectivity index (χ2v) is 7.04. The summed E-state index contributed by atoms with van der Waals surface area (Å²) >= 11 is 5.97. The Hall–Kier alpha value is -2.33. The maximum absolute atomic E-state index is 12.4. The fourth-order valence-corrected chi connectivity index (χ4v) is 3.49. The van der Waals surface area contributed by atoms with E-state index in [1.54, 1.807) is 0 Å². The molecular weight excluding hydrogens is 348 g/mol. The Morgan fingerprint density at radius 1 is 1.04 bits per heavy atom. The monoisotopic (exact) mass is 370 g/mol. The summed E-state index contributed by atoms with van der Waals surface area (Å²) in [6.45, 7) is 1.85. The smallest absolute Gasteiger partial charge is 0.253 e. The van der Waals surface area contributed by atoms with E-state index >= 15 is 0 Å². The normalized spacial score (nSPS) is 14.9. The number of nitrogens with zero attached hydrogens (tertiary/aromatic N) is 1. The third-order valence-electron chi connectivity index (χ3n) is 4.78. The first-order valence-corrected chi connectivity index (χ1v) is 9.38. The van der Waals surface area contributed by atoms with E-state index in [-0.39, 0.29) is 17.7 Å². The molecule has 2 aromatic rings. The van der Waals surface area contributed by atoms with Gasteiger partial charge in [0.25, 0.3) is 5.91 Å². The summed E-state index contributed by atoms with van der Waals surface area (Å²) in [7, 11) is 0. The Morgan fingerprint density at radius 3 is 2.46 bits per heavy atom. The quantitative estimate of drug-likeness (QED) is 0.875. The largest absolute Gasteiger partial charge is 0.356 e. The summed E-state index contributed by atoms with van der Waals surface area (Å²) in [6.07, 6.45) is 2.18. The van der Waals surface area contributed by atoms with Crippen LogP contribution < -0.4 is 5.32 Å². The number of likely N-dealkylation sites (tertiary alicyclic amines) is 1. The van der Waals surface area contributed by atoms with Crippen LogP contribution in [0.3, 0.4) is 0 Å². The van der Waals surface area contributed by atoms with Crippen LogP contribution in [0.15, 0.2) is 54.6 Å². The van der Waals surface area contributed by atoms with Crippen molar-refractivity contribution in [3.8, 4) is 0 Å². The van der Waals surface area contributed by atoms with Gasteiger partial charge in [0, 0.05) is 36.1 Å². The Labute approximate surface area is 159 Å². The molecule has 0 aromatic heterocycles. The second kappa shape index (κ2) is 8.86. The van der Waals surface area contributed by atoms with Crippen LogP contribution in [0, 0.1) is 5.92 Å². The predicted molar refractivity (Wildman–Crippen MR) is 103 cm³/mol. The van der Waals surface area contributed by atoms with Crippen molar-refractivity contribution in [2.75, 3.05) is 19.6 Å². The molecule has 1 fully saturated rings. The molecule has 0 atom stereocenters. The van der Waals surface area contributed by atoms with Crippen LogP contribution in [0.2, 0.25) is 5.02 Å². The summed E-state index contributed by atoms with van der Waals surface area (Å²) in [5, 5.41) is 3.72. The van der Waals surface area contributed by atoms with Gasteiger partial charge >= 0.3 is 0 Å². The number of halogens is 1. The van der Waals surface area contributed by atoms with Gasteiger partial charge in [-0.3, -0.25) is 9.59 Å². The van der Waals surface area contributed by atoms with E-state index in [9.17, 15) is 9.59 Å². The molecule has 1 aliphatic rings. The maximum atomic E-state index is 12.4. The SMILES string of the molecule is O=C(NCCc1cccc(Cl)c1)C1CCN(C(=O)c2ccccc2)CC1. The van der Waals surface area contributed by atoms with Crippen LogP contribution in [-0.4, -0.2) is 36.3 Å². The highest BCUT2D eigenvalue weighted by atomic mass is 35.5. The lowest BCUT2D eigenvalue weighted by molar-refractivity contribution is -0.126. The van der Waals surface area contributed by atoms with Crippen molar-refractivity contribution in [1.29, 1.82) is 0 Å². The first kappa shape index (κ1) is 18.5. The molecule has 0 spiro atoms. The number of piperidine rings is 1. The Bertz CT molecular complexity index is 756. The first-order valence-electron chi connectivity index (χ1n) is 9.00. The third kappa shape index (κ3) is 4.85. The maximum Gasteiger partial charge on any atom is 0.253 e. The van der Waals surface area contributed by atoms with Gasteiger partial charge in [-0.15, -0.1) is 0 Å². The van der Waals surface area contributed by atoms with Crippen molar-refractivity contribution in [2.24, 2.45) is 5.92 Å². The highest BCUT2D eigenvalue weighted by Crippen LogP contribution is 2.19. The first-order chi connectivity index (χ1) is 12.6. The van der Waals surface area contributed by atoms with Crippen molar-refractivity contribution in [3.05, 3.63) is 70.7 Å². The van der Waals surface area contributed by atoms with Crippen molar-refractivity contribution < 1.29 is 9.59 Å². The fourth-order valence-electron chi connectivity index (χ4n) is 3.27. The van der Waals surface area contributed by atoms with Gasteiger partial charge < -0.3 is 10.2 Å². The molecule has 3 rings (SSSR count). The van der Waals surface area contributed by atoms with E-state index in [1.807, 2.05) is 59.5 Å². The molecule has 2 amide bonds. The molecule has 0 saturated carbocycles. The summed E-state index contributed by atoms with van der Waals surface area (Å²) in [5.74, 6) is 0.110. The average Bonchev–Trinajstić information content (AvgIpc) is 2.68. The summed E-state index contributed by atoms with van der Waals surface area (Å²) in [5.41, 5.74) is 1.82. The number of amides is 2. The molecule has 0 unspecified atom stereocenters. The van der Waals surface area contributed by atoms with Crippen molar-refractivity contribution in [2.45, 2.75) is 19.3 Å². The Balaban J connectivity index is 1.43. The average molecular weight is 371 g/mol. The number of carbonyl (C=O) groups is 2. The van der Waals surface area contributed by atoms with Gasteiger partial charge in [0.15, 0.2) is 0 Å². The molecule has 0 radical (unpaired) electrons. The Kier molecular flexibility index (Phi) is 6.29. The predicted octanol–water partition coefficient (Wildman–Crippen LogP) is 3.55. The number of rotatable bonds is 5. The molecular formula is C21H23ClN2O2. The van der Waals surface area contributed by atoms with Crippen LogP contribution in [-0.2, 0) is 11.2 Å². The van der Waals surface area contributed by atoms with E-state index in [0.717, 1.165) is 12.0 Å². The molecule has 26 heavy (non-hydrogen) atoms. The summed E-state index contributed by atoms with van der Waals surface area (Å²) in [4.78, 5) is 26.6. The third-order valence-corrected chi connectivity index (χ3v) is 5.01. The van der Waals surface area contributed by atoms with Crippen molar-refractivity contribution >= 4 is 23.4 Å². The molecule has 0 bridgehead atoms. The molecule has 4 nitrogen and oxygen atoms in total. The molecule has 1 N–H and O–H groups in total. The molecule has 5 heteroatoms. The lowest BCUT2D eigenvalue weighted by atomic mass is 9.95. The fraction of sp³-hybridized carbons (Fsp3) is 0.333. The minimum Gasteiger partial charge on any atom is -0.356 e. The van der Waals surface area contributed by atoms with E-state index in [0.29, 0.717) is 43.1 Å². The summed E-state index contributed by atoms with van der Waals surface area (Å²) < 4.78 is 0. The van der Waals surface area contributed by atoms with Gasteiger partial charge in [0.2, 0.25) is 5.91 Å². The second-order valence-electron chi connectivity index (χ2n) is 6.60.